The van der Waals surface area contributed by atoms with E-state index in [4.69, 9.17) is 0 Å². The highest BCUT2D eigenvalue weighted by Gasteiger charge is 2.39. The molecule has 2 atom stereocenters. The Kier molecular flexibility index (Phi) is 5.53. The van der Waals surface area contributed by atoms with Crippen LogP contribution in [0.4, 0.5) is 5.69 Å². The first-order valence-corrected chi connectivity index (χ1v) is 11.5. The van der Waals surface area contributed by atoms with Crippen molar-refractivity contribution in [1.29, 1.82) is 0 Å². The number of amides is 2. The zero-order valence-corrected chi connectivity index (χ0v) is 17.9. The van der Waals surface area contributed by atoms with E-state index in [-0.39, 0.29) is 23.9 Å². The molecular formula is C24H24N4O2S. The quantitative estimate of drug-likeness (QED) is 0.685. The standard InChI is InChI=1S/C24H24N4O2S/c29-23(19-9-11-31-16-19)26-13-20-7-8-21-15-28(24(30)17-5-3-10-25-12-17)22-6-2-1-4-18(22)14-27(20)21/h1-6,9-12,16,20-21H,7-8,13-15H2,(H,26,29)/t20-,21-/m1/s1. The topological polar surface area (TPSA) is 65.5 Å². The zero-order valence-electron chi connectivity index (χ0n) is 17.1. The number of fused-ring (bicyclic) bond motifs is 2. The van der Waals surface area contributed by atoms with Crippen molar-refractivity contribution >= 4 is 28.8 Å². The lowest BCUT2D eigenvalue weighted by atomic mass is 10.1. The molecule has 2 aromatic heterocycles. The Hall–Kier alpha value is -3.03. The van der Waals surface area contributed by atoms with Gasteiger partial charge in [-0.2, -0.15) is 11.3 Å². The van der Waals surface area contributed by atoms with E-state index in [1.807, 2.05) is 46.0 Å². The Morgan fingerprint density at radius 3 is 2.81 bits per heavy atom. The number of rotatable bonds is 4. The van der Waals surface area contributed by atoms with Gasteiger partial charge in [-0.15, -0.1) is 0 Å². The van der Waals surface area contributed by atoms with Gasteiger partial charge in [0.15, 0.2) is 0 Å². The molecular weight excluding hydrogens is 408 g/mol. The molecule has 2 amide bonds. The molecule has 4 heterocycles. The van der Waals surface area contributed by atoms with Gasteiger partial charge in [-0.3, -0.25) is 19.5 Å². The summed E-state index contributed by atoms with van der Waals surface area (Å²) in [5, 5.41) is 6.89. The molecule has 1 fully saturated rings. The minimum absolute atomic E-state index is 0.0170. The highest BCUT2D eigenvalue weighted by atomic mass is 32.1. The molecule has 0 radical (unpaired) electrons. The lowest BCUT2D eigenvalue weighted by Gasteiger charge is -2.29. The molecule has 0 saturated carbocycles. The summed E-state index contributed by atoms with van der Waals surface area (Å²) < 4.78 is 0. The lowest BCUT2D eigenvalue weighted by Crippen LogP contribution is -2.45. The zero-order chi connectivity index (χ0) is 21.2. The Morgan fingerprint density at radius 2 is 2.00 bits per heavy atom. The first-order valence-electron chi connectivity index (χ1n) is 10.6. The fourth-order valence-electron chi connectivity index (χ4n) is 4.65. The van der Waals surface area contributed by atoms with Crippen molar-refractivity contribution in [1.82, 2.24) is 15.2 Å². The Balaban J connectivity index is 1.37. The molecule has 7 heteroatoms. The van der Waals surface area contributed by atoms with E-state index in [1.165, 1.54) is 11.3 Å². The van der Waals surface area contributed by atoms with E-state index in [2.05, 4.69) is 21.3 Å². The Labute approximate surface area is 185 Å². The Bertz CT molecular complexity index is 1070. The number of thiophene rings is 1. The molecule has 3 aromatic rings. The lowest BCUT2D eigenvalue weighted by molar-refractivity contribution is 0.0934. The van der Waals surface area contributed by atoms with Gasteiger partial charge in [-0.05, 0) is 48.1 Å². The van der Waals surface area contributed by atoms with Gasteiger partial charge in [0.2, 0.25) is 0 Å². The maximum atomic E-state index is 13.3. The molecule has 31 heavy (non-hydrogen) atoms. The molecule has 2 aliphatic rings. The van der Waals surface area contributed by atoms with Gasteiger partial charge >= 0.3 is 0 Å². The fourth-order valence-corrected chi connectivity index (χ4v) is 5.28. The van der Waals surface area contributed by atoms with Crippen LogP contribution in [0.2, 0.25) is 0 Å². The number of hydrogen-bond donors (Lipinski definition) is 1. The smallest absolute Gasteiger partial charge is 0.259 e. The highest BCUT2D eigenvalue weighted by Crippen LogP contribution is 2.35. The van der Waals surface area contributed by atoms with Gasteiger partial charge in [-0.1, -0.05) is 18.2 Å². The maximum absolute atomic E-state index is 13.3. The second-order valence-corrected chi connectivity index (χ2v) is 8.85. The average molecular weight is 433 g/mol. The predicted molar refractivity (Wildman–Crippen MR) is 121 cm³/mol. The molecule has 158 valence electrons. The largest absolute Gasteiger partial charge is 0.350 e. The number of carbonyl (C=O) groups excluding carboxylic acids is 2. The van der Waals surface area contributed by atoms with Crippen LogP contribution in [-0.4, -0.2) is 46.9 Å². The van der Waals surface area contributed by atoms with Crippen LogP contribution in [-0.2, 0) is 6.54 Å². The van der Waals surface area contributed by atoms with Crippen molar-refractivity contribution in [2.24, 2.45) is 0 Å². The van der Waals surface area contributed by atoms with Crippen molar-refractivity contribution < 1.29 is 9.59 Å². The van der Waals surface area contributed by atoms with Gasteiger partial charge in [-0.25, -0.2) is 0 Å². The number of nitrogens with one attached hydrogen (secondary N) is 1. The number of benzene rings is 1. The first kappa shape index (κ1) is 19.9. The molecule has 6 nitrogen and oxygen atoms in total. The van der Waals surface area contributed by atoms with Gasteiger partial charge in [0.25, 0.3) is 11.8 Å². The predicted octanol–water partition coefficient (Wildman–Crippen LogP) is 3.57. The fraction of sp³-hybridized carbons (Fsp3) is 0.292. The summed E-state index contributed by atoms with van der Waals surface area (Å²) in [6.07, 6.45) is 5.32. The second-order valence-electron chi connectivity index (χ2n) is 8.07. The number of hydrogen-bond acceptors (Lipinski definition) is 5. The third-order valence-corrected chi connectivity index (χ3v) is 6.92. The van der Waals surface area contributed by atoms with Gasteiger partial charge in [0.05, 0.1) is 5.56 Å². The van der Waals surface area contributed by atoms with Crippen LogP contribution in [0.5, 0.6) is 0 Å². The second kappa shape index (κ2) is 8.61. The SMILES string of the molecule is O=C(NC[C@H]1CC[C@@H]2CN(C(=O)c3cccnc3)c3ccccc3CN12)c1ccsc1. The van der Waals surface area contributed by atoms with Crippen LogP contribution in [0.25, 0.3) is 0 Å². The van der Waals surface area contributed by atoms with E-state index in [0.29, 0.717) is 24.2 Å². The van der Waals surface area contributed by atoms with E-state index in [0.717, 1.165) is 30.6 Å². The van der Waals surface area contributed by atoms with Crippen molar-refractivity contribution in [3.8, 4) is 0 Å². The number of aromatic nitrogens is 1. The molecule has 1 saturated heterocycles. The van der Waals surface area contributed by atoms with E-state index >= 15 is 0 Å². The van der Waals surface area contributed by atoms with Crippen LogP contribution in [0, 0.1) is 0 Å². The molecule has 0 aliphatic carbocycles. The van der Waals surface area contributed by atoms with E-state index < -0.39 is 0 Å². The van der Waals surface area contributed by atoms with E-state index in [9.17, 15) is 9.59 Å². The summed E-state index contributed by atoms with van der Waals surface area (Å²) >= 11 is 1.53. The number of pyridine rings is 1. The van der Waals surface area contributed by atoms with Crippen LogP contribution >= 0.6 is 11.3 Å². The highest BCUT2D eigenvalue weighted by molar-refractivity contribution is 7.08. The molecule has 0 spiro atoms. The number of nitrogens with zero attached hydrogens (tertiary/aromatic N) is 3. The molecule has 0 bridgehead atoms. The first-order chi connectivity index (χ1) is 15.2. The summed E-state index contributed by atoms with van der Waals surface area (Å²) in [5.74, 6) is -0.0371. The number of carbonyl (C=O) groups is 2. The van der Waals surface area contributed by atoms with Crippen LogP contribution < -0.4 is 10.2 Å². The van der Waals surface area contributed by atoms with Gasteiger partial charge < -0.3 is 10.2 Å². The van der Waals surface area contributed by atoms with Gasteiger partial charge in [0, 0.05) is 60.7 Å². The third kappa shape index (κ3) is 3.98. The van der Waals surface area contributed by atoms with Crippen molar-refractivity contribution in [2.45, 2.75) is 31.5 Å². The summed E-state index contributed by atoms with van der Waals surface area (Å²) in [5.41, 5.74) is 3.42. The molecule has 2 aliphatic heterocycles. The Morgan fingerprint density at radius 1 is 1.10 bits per heavy atom. The van der Waals surface area contributed by atoms with Crippen molar-refractivity contribution in [2.75, 3.05) is 18.0 Å². The molecule has 0 unspecified atom stereocenters. The summed E-state index contributed by atoms with van der Waals surface area (Å²) in [4.78, 5) is 34.2. The maximum Gasteiger partial charge on any atom is 0.259 e. The molecule has 1 aromatic carbocycles. The minimum Gasteiger partial charge on any atom is -0.350 e. The minimum atomic E-state index is -0.0201. The summed E-state index contributed by atoms with van der Waals surface area (Å²) in [6, 6.07) is 14.1. The normalized spacial score (nSPS) is 20.6. The summed E-state index contributed by atoms with van der Waals surface area (Å²) in [7, 11) is 0. The van der Waals surface area contributed by atoms with Crippen molar-refractivity contribution in [3.63, 3.8) is 0 Å². The van der Waals surface area contributed by atoms with Gasteiger partial charge in [0.1, 0.15) is 0 Å². The van der Waals surface area contributed by atoms with Crippen LogP contribution in [0.3, 0.4) is 0 Å². The average Bonchev–Trinajstić information content (AvgIpc) is 3.44. The third-order valence-electron chi connectivity index (χ3n) is 6.24. The number of anilines is 1. The van der Waals surface area contributed by atoms with Crippen LogP contribution in [0.1, 0.15) is 39.1 Å². The summed E-state index contributed by atoms with van der Waals surface area (Å²) in [6.45, 7) is 2.03. The van der Waals surface area contributed by atoms with E-state index in [1.54, 1.807) is 18.5 Å². The molecule has 5 rings (SSSR count). The van der Waals surface area contributed by atoms with Crippen molar-refractivity contribution in [3.05, 3.63) is 82.3 Å². The molecule has 1 N–H and O–H groups in total. The monoisotopic (exact) mass is 432 g/mol. The van der Waals surface area contributed by atoms with Crippen LogP contribution in [0.15, 0.2) is 65.6 Å². The number of para-hydroxylation sites is 1.